The number of phenols is 1. The van der Waals surface area contributed by atoms with Crippen LogP contribution in [-0.4, -0.2) is 49.8 Å². The number of carbonyl (C=O) groups excluding carboxylic acids is 1. The summed E-state index contributed by atoms with van der Waals surface area (Å²) in [6, 6.07) is 23.2. The second-order valence-electron chi connectivity index (χ2n) is 8.40. The lowest BCUT2D eigenvalue weighted by atomic mass is 9.98. The molecule has 0 fully saturated rings. The molecule has 1 aromatic heterocycles. The Morgan fingerprint density at radius 1 is 0.971 bits per heavy atom. The van der Waals surface area contributed by atoms with Crippen molar-refractivity contribution in [3.63, 3.8) is 0 Å². The molecule has 0 atom stereocenters. The van der Waals surface area contributed by atoms with E-state index in [9.17, 15) is 9.90 Å². The van der Waals surface area contributed by atoms with Gasteiger partial charge in [-0.1, -0.05) is 74.0 Å². The normalized spacial score (nSPS) is 10.8. The van der Waals surface area contributed by atoms with Crippen molar-refractivity contribution in [1.29, 1.82) is 0 Å². The number of nitrogens with one attached hydrogen (secondary N) is 2. The zero-order chi connectivity index (χ0) is 24.5. The highest BCUT2D eigenvalue weighted by Gasteiger charge is 2.14. The Morgan fingerprint density at radius 3 is 2.37 bits per heavy atom. The van der Waals surface area contributed by atoms with Gasteiger partial charge in [-0.15, -0.1) is 10.2 Å². The Balaban J connectivity index is 1.41. The van der Waals surface area contributed by atoms with E-state index in [1.54, 1.807) is 12.1 Å². The highest BCUT2D eigenvalue weighted by atomic mass is 16.3. The summed E-state index contributed by atoms with van der Waals surface area (Å²) in [6.07, 6.45) is 2.67. The van der Waals surface area contributed by atoms with Gasteiger partial charge in [-0.2, -0.15) is 5.21 Å². The second-order valence-corrected chi connectivity index (χ2v) is 8.40. The minimum absolute atomic E-state index is 0.0660. The molecule has 0 saturated heterocycles. The van der Waals surface area contributed by atoms with Crippen molar-refractivity contribution in [1.82, 2.24) is 30.8 Å². The Hall–Kier alpha value is -4.20. The van der Waals surface area contributed by atoms with Gasteiger partial charge < -0.3 is 15.3 Å². The maximum absolute atomic E-state index is 12.9. The molecule has 0 bridgehead atoms. The van der Waals surface area contributed by atoms with E-state index in [0.29, 0.717) is 31.9 Å². The topological polar surface area (TPSA) is 107 Å². The van der Waals surface area contributed by atoms with E-state index < -0.39 is 0 Å². The van der Waals surface area contributed by atoms with Gasteiger partial charge in [-0.25, -0.2) is 4.79 Å². The third kappa shape index (κ3) is 6.44. The van der Waals surface area contributed by atoms with Gasteiger partial charge in [0.15, 0.2) is 0 Å². The third-order valence-corrected chi connectivity index (χ3v) is 5.85. The molecule has 0 unspecified atom stereocenters. The summed E-state index contributed by atoms with van der Waals surface area (Å²) in [5, 5.41) is 26.9. The molecule has 0 radical (unpaired) electrons. The quantitative estimate of drug-likeness (QED) is 0.309. The molecule has 35 heavy (non-hydrogen) atoms. The fourth-order valence-electron chi connectivity index (χ4n) is 3.91. The molecular weight excluding hydrogens is 440 g/mol. The summed E-state index contributed by atoms with van der Waals surface area (Å²) in [6.45, 7) is 3.90. The van der Waals surface area contributed by atoms with Crippen LogP contribution in [0, 0.1) is 0 Å². The molecular formula is C27H30N6O2. The molecule has 4 rings (SSSR count). The molecule has 3 aromatic carbocycles. The maximum Gasteiger partial charge on any atom is 0.317 e. The van der Waals surface area contributed by atoms with Crippen LogP contribution in [0.4, 0.5) is 4.79 Å². The highest BCUT2D eigenvalue weighted by Crippen LogP contribution is 2.29. The smallest absolute Gasteiger partial charge is 0.317 e. The fraction of sp³-hybridized carbons (Fsp3) is 0.259. The zero-order valence-corrected chi connectivity index (χ0v) is 19.8. The Morgan fingerprint density at radius 2 is 1.69 bits per heavy atom. The first-order valence-corrected chi connectivity index (χ1v) is 11.9. The maximum atomic E-state index is 12.9. The van der Waals surface area contributed by atoms with Gasteiger partial charge in [0.25, 0.3) is 0 Å². The van der Waals surface area contributed by atoms with Gasteiger partial charge in [0, 0.05) is 25.2 Å². The van der Waals surface area contributed by atoms with Crippen molar-refractivity contribution >= 4 is 6.03 Å². The number of hydrogen-bond donors (Lipinski definition) is 3. The number of H-pyrrole nitrogens is 1. The summed E-state index contributed by atoms with van der Waals surface area (Å²) in [4.78, 5) is 14.8. The van der Waals surface area contributed by atoms with E-state index in [1.165, 1.54) is 0 Å². The molecule has 8 nitrogen and oxygen atoms in total. The van der Waals surface area contributed by atoms with Crippen molar-refractivity contribution in [3.05, 3.63) is 83.9 Å². The standard InChI is InChI=1S/C27H30N6O2/c1-2-3-18-33(27(35)28-17-16-20-10-14-23(34)15-11-20)19-21-8-12-22(13-9-21)24-6-4-5-7-25(24)26-29-31-32-30-26/h4-15,34H,2-3,16-19H2,1H3,(H,28,35)(H,29,30,31,32). The minimum Gasteiger partial charge on any atom is -0.508 e. The van der Waals surface area contributed by atoms with Crippen LogP contribution in [0.25, 0.3) is 22.5 Å². The van der Waals surface area contributed by atoms with Crippen LogP contribution in [0.15, 0.2) is 72.8 Å². The number of aromatic hydroxyl groups is 1. The lowest BCUT2D eigenvalue weighted by Gasteiger charge is -2.23. The average Bonchev–Trinajstić information content (AvgIpc) is 3.43. The van der Waals surface area contributed by atoms with E-state index in [4.69, 9.17) is 0 Å². The van der Waals surface area contributed by atoms with E-state index in [-0.39, 0.29) is 11.8 Å². The number of carbonyl (C=O) groups is 1. The number of aromatic nitrogens is 4. The molecule has 0 aliphatic heterocycles. The summed E-state index contributed by atoms with van der Waals surface area (Å²) >= 11 is 0. The van der Waals surface area contributed by atoms with Crippen molar-refractivity contribution in [2.75, 3.05) is 13.1 Å². The number of rotatable bonds is 10. The van der Waals surface area contributed by atoms with E-state index in [1.807, 2.05) is 41.3 Å². The monoisotopic (exact) mass is 470 g/mol. The predicted molar refractivity (Wildman–Crippen MR) is 136 cm³/mol. The summed E-state index contributed by atoms with van der Waals surface area (Å²) < 4.78 is 0. The van der Waals surface area contributed by atoms with E-state index in [0.717, 1.165) is 40.7 Å². The van der Waals surface area contributed by atoms with Crippen molar-refractivity contribution in [2.45, 2.75) is 32.7 Å². The van der Waals surface area contributed by atoms with E-state index in [2.05, 4.69) is 57.1 Å². The zero-order valence-electron chi connectivity index (χ0n) is 19.8. The first-order valence-electron chi connectivity index (χ1n) is 11.9. The number of aromatic amines is 1. The molecule has 2 amide bonds. The van der Waals surface area contributed by atoms with Crippen molar-refractivity contribution in [3.8, 4) is 28.3 Å². The van der Waals surface area contributed by atoms with Gasteiger partial charge in [0.2, 0.25) is 5.82 Å². The van der Waals surface area contributed by atoms with Crippen LogP contribution >= 0.6 is 0 Å². The van der Waals surface area contributed by atoms with Gasteiger partial charge in [-0.05, 0) is 52.4 Å². The molecule has 0 aliphatic carbocycles. The molecule has 8 heteroatoms. The molecule has 0 saturated carbocycles. The van der Waals surface area contributed by atoms with E-state index >= 15 is 0 Å². The predicted octanol–water partition coefficient (Wildman–Crippen LogP) is 4.79. The Kier molecular flexibility index (Phi) is 8.06. The third-order valence-electron chi connectivity index (χ3n) is 5.85. The number of benzene rings is 3. The fourth-order valence-corrected chi connectivity index (χ4v) is 3.91. The summed E-state index contributed by atoms with van der Waals surface area (Å²) in [5.74, 6) is 0.798. The first-order chi connectivity index (χ1) is 17.1. The van der Waals surface area contributed by atoms with Crippen LogP contribution in [0.2, 0.25) is 0 Å². The molecule has 0 spiro atoms. The molecule has 0 aliphatic rings. The van der Waals surface area contributed by atoms with Crippen LogP contribution < -0.4 is 5.32 Å². The first kappa shape index (κ1) is 23.9. The highest BCUT2D eigenvalue weighted by molar-refractivity contribution is 5.80. The molecule has 4 aromatic rings. The largest absolute Gasteiger partial charge is 0.508 e. The molecule has 180 valence electrons. The van der Waals surface area contributed by atoms with Crippen LogP contribution in [-0.2, 0) is 13.0 Å². The lowest BCUT2D eigenvalue weighted by Crippen LogP contribution is -2.40. The lowest BCUT2D eigenvalue weighted by molar-refractivity contribution is 0.194. The van der Waals surface area contributed by atoms with Gasteiger partial charge in [0.05, 0.1) is 0 Å². The second kappa shape index (κ2) is 11.8. The van der Waals surface area contributed by atoms with Crippen LogP contribution in [0.5, 0.6) is 5.75 Å². The number of urea groups is 1. The molecule has 1 heterocycles. The average molecular weight is 471 g/mol. The Bertz CT molecular complexity index is 1210. The van der Waals surface area contributed by atoms with Crippen molar-refractivity contribution in [2.24, 2.45) is 0 Å². The van der Waals surface area contributed by atoms with Crippen LogP contribution in [0.3, 0.4) is 0 Å². The summed E-state index contributed by atoms with van der Waals surface area (Å²) in [7, 11) is 0. The number of nitrogens with zero attached hydrogens (tertiary/aromatic N) is 4. The van der Waals surface area contributed by atoms with Crippen LogP contribution in [0.1, 0.15) is 30.9 Å². The molecule has 3 N–H and O–H groups in total. The summed E-state index contributed by atoms with van der Waals surface area (Å²) in [5.41, 5.74) is 5.12. The number of unbranched alkanes of at least 4 members (excludes halogenated alkanes) is 1. The van der Waals surface area contributed by atoms with Gasteiger partial charge in [-0.3, -0.25) is 0 Å². The number of hydrogen-bond acceptors (Lipinski definition) is 5. The minimum atomic E-state index is -0.0660. The van der Waals surface area contributed by atoms with Gasteiger partial charge >= 0.3 is 6.03 Å². The van der Waals surface area contributed by atoms with Gasteiger partial charge in [0.1, 0.15) is 5.75 Å². The number of amides is 2. The van der Waals surface area contributed by atoms with Crippen molar-refractivity contribution < 1.29 is 9.90 Å². The Labute approximate surface area is 205 Å². The number of phenolic OH excluding ortho intramolecular Hbond substituents is 1. The number of tetrazole rings is 1. The SMILES string of the molecule is CCCCN(Cc1ccc(-c2ccccc2-c2nn[nH]n2)cc1)C(=O)NCCc1ccc(O)cc1.